The lowest BCUT2D eigenvalue weighted by Crippen LogP contribution is -2.10. The van der Waals surface area contributed by atoms with E-state index < -0.39 is 9.84 Å². The molecule has 0 atom stereocenters. The van der Waals surface area contributed by atoms with Crippen LogP contribution in [0.1, 0.15) is 19.2 Å². The van der Waals surface area contributed by atoms with E-state index in [0.717, 1.165) is 0 Å². The van der Waals surface area contributed by atoms with Gasteiger partial charge in [0.05, 0.1) is 22.9 Å². The van der Waals surface area contributed by atoms with Gasteiger partial charge in [-0.1, -0.05) is 24.2 Å². The molecule has 7 heteroatoms. The standard InChI is InChI=1S/C12H15N3O3S/c1-2-7-19(16,17)11-6-4-3-5-10(11)13-8-12-14-9-18-15-12/h3-6,9,13H,2,7-8H2,1H3. The average molecular weight is 281 g/mol. The average Bonchev–Trinajstić information content (AvgIpc) is 2.90. The second-order valence-corrected chi connectivity index (χ2v) is 6.09. The lowest BCUT2D eigenvalue weighted by molar-refractivity contribution is 0.411. The second kappa shape index (κ2) is 5.83. The van der Waals surface area contributed by atoms with Gasteiger partial charge in [0, 0.05) is 0 Å². The molecule has 102 valence electrons. The van der Waals surface area contributed by atoms with Gasteiger partial charge < -0.3 is 9.84 Å². The van der Waals surface area contributed by atoms with Crippen molar-refractivity contribution >= 4 is 15.5 Å². The Hall–Kier alpha value is -1.89. The number of aromatic nitrogens is 2. The SMILES string of the molecule is CCCS(=O)(=O)c1ccccc1NCc1ncon1. The van der Waals surface area contributed by atoms with E-state index in [1.165, 1.54) is 6.39 Å². The molecule has 6 nitrogen and oxygen atoms in total. The zero-order valence-electron chi connectivity index (χ0n) is 10.5. The predicted octanol–water partition coefficient (Wildman–Crippen LogP) is 1.87. The molecule has 0 amide bonds. The number of nitrogens with zero attached hydrogens (tertiary/aromatic N) is 2. The van der Waals surface area contributed by atoms with Crippen LogP contribution in [0.3, 0.4) is 0 Å². The molecule has 0 fully saturated rings. The molecule has 1 heterocycles. The summed E-state index contributed by atoms with van der Waals surface area (Å²) in [6.45, 7) is 2.15. The van der Waals surface area contributed by atoms with Crippen LogP contribution < -0.4 is 5.32 Å². The summed E-state index contributed by atoms with van der Waals surface area (Å²) in [6.07, 6.45) is 1.82. The molecule has 2 rings (SSSR count). The Balaban J connectivity index is 2.21. The van der Waals surface area contributed by atoms with E-state index >= 15 is 0 Å². The maximum atomic E-state index is 12.1. The summed E-state index contributed by atoms with van der Waals surface area (Å²) in [5, 5.41) is 6.68. The zero-order valence-corrected chi connectivity index (χ0v) is 11.4. The second-order valence-electron chi connectivity index (χ2n) is 4.02. The van der Waals surface area contributed by atoms with Crippen LogP contribution in [0.15, 0.2) is 40.1 Å². The van der Waals surface area contributed by atoms with Crippen LogP contribution in [0.25, 0.3) is 0 Å². The fraction of sp³-hybridized carbons (Fsp3) is 0.333. The van der Waals surface area contributed by atoms with Gasteiger partial charge in [0.1, 0.15) is 0 Å². The molecular weight excluding hydrogens is 266 g/mol. The van der Waals surface area contributed by atoms with Gasteiger partial charge in [0.2, 0.25) is 6.39 Å². The molecule has 0 aliphatic carbocycles. The summed E-state index contributed by atoms with van der Waals surface area (Å²) >= 11 is 0. The van der Waals surface area contributed by atoms with Crippen LogP contribution in [0.4, 0.5) is 5.69 Å². The van der Waals surface area contributed by atoms with Gasteiger partial charge in [-0.05, 0) is 18.6 Å². The highest BCUT2D eigenvalue weighted by atomic mass is 32.2. The molecule has 0 unspecified atom stereocenters. The van der Waals surface area contributed by atoms with E-state index in [2.05, 4.69) is 20.0 Å². The van der Waals surface area contributed by atoms with Gasteiger partial charge in [-0.2, -0.15) is 4.98 Å². The van der Waals surface area contributed by atoms with Gasteiger partial charge in [-0.25, -0.2) is 8.42 Å². The minimum absolute atomic E-state index is 0.133. The number of hydrogen-bond donors (Lipinski definition) is 1. The minimum Gasteiger partial charge on any atom is -0.377 e. The molecule has 1 aromatic carbocycles. The summed E-state index contributed by atoms with van der Waals surface area (Å²) in [5.41, 5.74) is 0.556. The molecular formula is C12H15N3O3S. The van der Waals surface area contributed by atoms with Crippen LogP contribution in [0.2, 0.25) is 0 Å². The highest BCUT2D eigenvalue weighted by molar-refractivity contribution is 7.91. The quantitative estimate of drug-likeness (QED) is 0.870. The van der Waals surface area contributed by atoms with Crippen molar-refractivity contribution < 1.29 is 12.9 Å². The third-order valence-corrected chi connectivity index (χ3v) is 4.51. The van der Waals surface area contributed by atoms with Crippen molar-refractivity contribution in [3.05, 3.63) is 36.5 Å². The molecule has 0 spiro atoms. The maximum absolute atomic E-state index is 12.1. The van der Waals surface area contributed by atoms with Crippen molar-refractivity contribution in [1.82, 2.24) is 10.1 Å². The lowest BCUT2D eigenvalue weighted by Gasteiger charge is -2.10. The molecule has 0 aliphatic heterocycles. The van der Waals surface area contributed by atoms with Crippen LogP contribution >= 0.6 is 0 Å². The van der Waals surface area contributed by atoms with Crippen molar-refractivity contribution in [2.45, 2.75) is 24.8 Å². The Kier molecular flexibility index (Phi) is 4.16. The molecule has 1 aromatic heterocycles. The molecule has 0 saturated heterocycles. The monoisotopic (exact) mass is 281 g/mol. The Bertz CT molecular complexity index is 623. The molecule has 0 aliphatic rings. The van der Waals surface area contributed by atoms with Crippen LogP contribution in [0.5, 0.6) is 0 Å². The summed E-state index contributed by atoms with van der Waals surface area (Å²) in [6, 6.07) is 6.82. The molecule has 0 bridgehead atoms. The van der Waals surface area contributed by atoms with Crippen LogP contribution in [-0.4, -0.2) is 24.3 Å². The van der Waals surface area contributed by atoms with E-state index in [1.807, 2.05) is 6.92 Å². The van der Waals surface area contributed by atoms with E-state index in [0.29, 0.717) is 29.4 Å². The Morgan fingerprint density at radius 2 is 2.11 bits per heavy atom. The van der Waals surface area contributed by atoms with Crippen LogP contribution in [0, 0.1) is 0 Å². The first-order chi connectivity index (χ1) is 9.13. The maximum Gasteiger partial charge on any atom is 0.213 e. The molecule has 0 radical (unpaired) electrons. The Morgan fingerprint density at radius 3 is 2.79 bits per heavy atom. The number of sulfone groups is 1. The number of anilines is 1. The topological polar surface area (TPSA) is 85.1 Å². The van der Waals surface area contributed by atoms with E-state index in [-0.39, 0.29) is 5.75 Å². The van der Waals surface area contributed by atoms with Crippen molar-refractivity contribution in [2.24, 2.45) is 0 Å². The van der Waals surface area contributed by atoms with Gasteiger partial charge in [-0.15, -0.1) is 0 Å². The number of rotatable bonds is 6. The fourth-order valence-electron chi connectivity index (χ4n) is 1.71. The molecule has 1 N–H and O–H groups in total. The van der Waals surface area contributed by atoms with Crippen molar-refractivity contribution in [3.8, 4) is 0 Å². The Labute approximate surface area is 111 Å². The predicted molar refractivity (Wildman–Crippen MR) is 70.4 cm³/mol. The number of hydrogen-bond acceptors (Lipinski definition) is 6. The van der Waals surface area contributed by atoms with Gasteiger partial charge in [-0.3, -0.25) is 0 Å². The zero-order chi connectivity index (χ0) is 13.7. The van der Waals surface area contributed by atoms with E-state index in [9.17, 15) is 8.42 Å². The van der Waals surface area contributed by atoms with Crippen molar-refractivity contribution in [2.75, 3.05) is 11.1 Å². The molecule has 0 saturated carbocycles. The first-order valence-electron chi connectivity index (χ1n) is 5.94. The lowest BCUT2D eigenvalue weighted by atomic mass is 10.3. The van der Waals surface area contributed by atoms with Crippen LogP contribution in [-0.2, 0) is 16.4 Å². The third kappa shape index (κ3) is 3.31. The highest BCUT2D eigenvalue weighted by Crippen LogP contribution is 2.22. The number of para-hydroxylation sites is 1. The molecule has 2 aromatic rings. The van der Waals surface area contributed by atoms with E-state index in [4.69, 9.17) is 0 Å². The largest absolute Gasteiger partial charge is 0.377 e. The van der Waals surface area contributed by atoms with Gasteiger partial charge in [0.15, 0.2) is 15.7 Å². The van der Waals surface area contributed by atoms with Gasteiger partial charge >= 0.3 is 0 Å². The van der Waals surface area contributed by atoms with Crippen molar-refractivity contribution in [1.29, 1.82) is 0 Å². The number of nitrogens with one attached hydrogen (secondary N) is 1. The highest BCUT2D eigenvalue weighted by Gasteiger charge is 2.17. The summed E-state index contributed by atoms with van der Waals surface area (Å²) in [7, 11) is -3.26. The smallest absolute Gasteiger partial charge is 0.213 e. The normalized spacial score (nSPS) is 11.4. The van der Waals surface area contributed by atoms with Gasteiger partial charge in [0.25, 0.3) is 0 Å². The number of benzene rings is 1. The summed E-state index contributed by atoms with van der Waals surface area (Å²) < 4.78 is 28.9. The fourth-order valence-corrected chi connectivity index (χ4v) is 3.23. The summed E-state index contributed by atoms with van der Waals surface area (Å²) in [5.74, 6) is 0.608. The summed E-state index contributed by atoms with van der Waals surface area (Å²) in [4.78, 5) is 4.18. The minimum atomic E-state index is -3.26. The first kappa shape index (κ1) is 13.5. The Morgan fingerprint density at radius 1 is 1.32 bits per heavy atom. The molecule has 19 heavy (non-hydrogen) atoms. The first-order valence-corrected chi connectivity index (χ1v) is 7.59. The third-order valence-electron chi connectivity index (χ3n) is 2.54. The van der Waals surface area contributed by atoms with Crippen molar-refractivity contribution in [3.63, 3.8) is 0 Å². The van der Waals surface area contributed by atoms with E-state index in [1.54, 1.807) is 24.3 Å².